The molecule has 1 rings (SSSR count). The van der Waals surface area contributed by atoms with Crippen LogP contribution in [0.3, 0.4) is 0 Å². The number of carbonyl (C=O) groups is 1. The third kappa shape index (κ3) is 3.18. The maximum absolute atomic E-state index is 11.8. The van der Waals surface area contributed by atoms with Gasteiger partial charge >= 0.3 is 0 Å². The minimum Gasteiger partial charge on any atom is -0.393 e. The molecule has 0 aromatic carbocycles. The number of carbonyl (C=O) groups excluding carboxylic acids is 1. The summed E-state index contributed by atoms with van der Waals surface area (Å²) in [5.41, 5.74) is 5.69. The average Bonchev–Trinajstić information content (AvgIpc) is 2.12. The van der Waals surface area contributed by atoms with Crippen LogP contribution >= 0.6 is 0 Å². The summed E-state index contributed by atoms with van der Waals surface area (Å²) in [6, 6.07) is -0.105. The van der Waals surface area contributed by atoms with Gasteiger partial charge in [0, 0.05) is 19.6 Å². The zero-order valence-electron chi connectivity index (χ0n) is 9.81. The first-order valence-corrected chi connectivity index (χ1v) is 5.60. The van der Waals surface area contributed by atoms with Crippen molar-refractivity contribution in [2.45, 2.75) is 38.8 Å². The molecule has 4 nitrogen and oxygen atoms in total. The summed E-state index contributed by atoms with van der Waals surface area (Å²) in [7, 11) is 1.81. The van der Waals surface area contributed by atoms with Gasteiger partial charge in [-0.05, 0) is 25.7 Å². The van der Waals surface area contributed by atoms with Crippen molar-refractivity contribution >= 4 is 5.91 Å². The third-order valence-electron chi connectivity index (χ3n) is 3.30. The predicted octanol–water partition coefficient (Wildman–Crippen LogP) is 0.199. The molecule has 0 spiro atoms. The molecule has 0 aromatic rings. The van der Waals surface area contributed by atoms with E-state index >= 15 is 0 Å². The van der Waals surface area contributed by atoms with E-state index in [1.807, 2.05) is 20.9 Å². The Bertz CT molecular complexity index is 225. The number of hydrogen-bond acceptors (Lipinski definition) is 3. The van der Waals surface area contributed by atoms with Gasteiger partial charge in [0.25, 0.3) is 0 Å². The van der Waals surface area contributed by atoms with Crippen LogP contribution in [-0.2, 0) is 4.79 Å². The fraction of sp³-hybridized carbons (Fsp3) is 0.909. The lowest BCUT2D eigenvalue weighted by molar-refractivity contribution is -0.135. The van der Waals surface area contributed by atoms with Crippen LogP contribution in [0.25, 0.3) is 0 Å². The summed E-state index contributed by atoms with van der Waals surface area (Å²) in [6.07, 6.45) is 1.50. The van der Waals surface area contributed by atoms with E-state index in [0.717, 1.165) is 19.4 Å². The molecule has 1 saturated carbocycles. The van der Waals surface area contributed by atoms with E-state index in [1.54, 1.807) is 4.90 Å². The van der Waals surface area contributed by atoms with Gasteiger partial charge in [0.1, 0.15) is 0 Å². The second kappa shape index (κ2) is 4.94. The summed E-state index contributed by atoms with van der Waals surface area (Å²) in [5, 5.41) is 9.14. The monoisotopic (exact) mass is 214 g/mol. The van der Waals surface area contributed by atoms with Crippen molar-refractivity contribution in [3.05, 3.63) is 0 Å². The van der Waals surface area contributed by atoms with Crippen LogP contribution in [0.4, 0.5) is 0 Å². The fourth-order valence-corrected chi connectivity index (χ4v) is 1.90. The molecule has 0 heterocycles. The largest absolute Gasteiger partial charge is 0.393 e. The SMILES string of the molecule is CC(N)C(C)C(=O)N(C)CC1CC(O)C1. The number of amides is 1. The van der Waals surface area contributed by atoms with Gasteiger partial charge in [0.15, 0.2) is 0 Å². The molecule has 2 unspecified atom stereocenters. The Hall–Kier alpha value is -0.610. The van der Waals surface area contributed by atoms with Gasteiger partial charge in [0.05, 0.1) is 12.0 Å². The van der Waals surface area contributed by atoms with E-state index < -0.39 is 0 Å². The van der Waals surface area contributed by atoms with Gasteiger partial charge in [-0.25, -0.2) is 0 Å². The Morgan fingerprint density at radius 1 is 1.53 bits per heavy atom. The Morgan fingerprint density at radius 3 is 2.47 bits per heavy atom. The molecule has 2 atom stereocenters. The standard InChI is InChI=1S/C11H22N2O2/c1-7(8(2)12)11(15)13(3)6-9-4-10(14)5-9/h7-10,14H,4-6,12H2,1-3H3. The first-order valence-electron chi connectivity index (χ1n) is 5.60. The Kier molecular flexibility index (Phi) is 4.11. The number of aliphatic hydroxyl groups excluding tert-OH is 1. The molecule has 0 radical (unpaired) electrons. The van der Waals surface area contributed by atoms with Crippen LogP contribution in [0.5, 0.6) is 0 Å². The maximum atomic E-state index is 11.8. The first kappa shape index (κ1) is 12.5. The normalized spacial score (nSPS) is 29.1. The van der Waals surface area contributed by atoms with Crippen LogP contribution < -0.4 is 5.73 Å². The van der Waals surface area contributed by atoms with Crippen LogP contribution in [0.2, 0.25) is 0 Å². The Labute approximate surface area is 91.4 Å². The molecule has 0 aliphatic heterocycles. The molecule has 88 valence electrons. The molecule has 1 aliphatic rings. The Morgan fingerprint density at radius 2 is 2.07 bits per heavy atom. The number of rotatable bonds is 4. The number of aliphatic hydroxyl groups is 1. The predicted molar refractivity (Wildman–Crippen MR) is 59.2 cm³/mol. The van der Waals surface area contributed by atoms with Crippen molar-refractivity contribution in [3.8, 4) is 0 Å². The van der Waals surface area contributed by atoms with Crippen molar-refractivity contribution in [2.75, 3.05) is 13.6 Å². The van der Waals surface area contributed by atoms with Gasteiger partial charge in [-0.1, -0.05) is 6.92 Å². The summed E-state index contributed by atoms with van der Waals surface area (Å²) < 4.78 is 0. The second-order valence-electron chi connectivity index (χ2n) is 4.86. The second-order valence-corrected chi connectivity index (χ2v) is 4.86. The first-order chi connectivity index (χ1) is 6.91. The maximum Gasteiger partial charge on any atom is 0.226 e. The highest BCUT2D eigenvalue weighted by Crippen LogP contribution is 2.27. The molecule has 1 amide bonds. The van der Waals surface area contributed by atoms with Gasteiger partial charge < -0.3 is 15.7 Å². The van der Waals surface area contributed by atoms with Crippen LogP contribution in [0.15, 0.2) is 0 Å². The van der Waals surface area contributed by atoms with Crippen LogP contribution in [0.1, 0.15) is 26.7 Å². The summed E-state index contributed by atoms with van der Waals surface area (Å²) >= 11 is 0. The lowest BCUT2D eigenvalue weighted by Gasteiger charge is -2.35. The minimum atomic E-state index is -0.149. The highest BCUT2D eigenvalue weighted by Gasteiger charge is 2.30. The molecule has 15 heavy (non-hydrogen) atoms. The van der Waals surface area contributed by atoms with Gasteiger partial charge in [-0.2, -0.15) is 0 Å². The van der Waals surface area contributed by atoms with E-state index in [4.69, 9.17) is 10.8 Å². The highest BCUT2D eigenvalue weighted by molar-refractivity contribution is 5.78. The van der Waals surface area contributed by atoms with E-state index in [9.17, 15) is 4.79 Å². The van der Waals surface area contributed by atoms with Gasteiger partial charge in [-0.3, -0.25) is 4.79 Å². The van der Waals surface area contributed by atoms with Crippen molar-refractivity contribution in [2.24, 2.45) is 17.6 Å². The van der Waals surface area contributed by atoms with Crippen LogP contribution in [-0.4, -0.2) is 41.7 Å². The molecular weight excluding hydrogens is 192 g/mol. The molecule has 0 aromatic heterocycles. The van der Waals surface area contributed by atoms with E-state index in [-0.39, 0.29) is 24.0 Å². The van der Waals surface area contributed by atoms with E-state index in [1.165, 1.54) is 0 Å². The molecule has 0 bridgehead atoms. The third-order valence-corrected chi connectivity index (χ3v) is 3.30. The van der Waals surface area contributed by atoms with Gasteiger partial charge in [0.2, 0.25) is 5.91 Å². The zero-order valence-corrected chi connectivity index (χ0v) is 9.81. The van der Waals surface area contributed by atoms with E-state index in [0.29, 0.717) is 5.92 Å². The van der Waals surface area contributed by atoms with Crippen molar-refractivity contribution in [1.29, 1.82) is 0 Å². The minimum absolute atomic E-state index is 0.103. The smallest absolute Gasteiger partial charge is 0.226 e. The lowest BCUT2D eigenvalue weighted by atomic mass is 9.82. The highest BCUT2D eigenvalue weighted by atomic mass is 16.3. The zero-order chi connectivity index (χ0) is 11.6. The lowest BCUT2D eigenvalue weighted by Crippen LogP contribution is -2.44. The molecule has 1 aliphatic carbocycles. The summed E-state index contributed by atoms with van der Waals surface area (Å²) in [5.74, 6) is 0.445. The number of nitrogens with zero attached hydrogens (tertiary/aromatic N) is 1. The van der Waals surface area contributed by atoms with Crippen molar-refractivity contribution in [3.63, 3.8) is 0 Å². The molecule has 4 heteroatoms. The number of hydrogen-bond donors (Lipinski definition) is 2. The van der Waals surface area contributed by atoms with Crippen LogP contribution in [0, 0.1) is 11.8 Å². The quantitative estimate of drug-likeness (QED) is 0.702. The molecule has 0 saturated heterocycles. The molecular formula is C11H22N2O2. The number of nitrogens with two attached hydrogens (primary N) is 1. The fourth-order valence-electron chi connectivity index (χ4n) is 1.90. The summed E-state index contributed by atoms with van der Waals surface area (Å²) in [4.78, 5) is 13.6. The molecule has 1 fully saturated rings. The average molecular weight is 214 g/mol. The van der Waals surface area contributed by atoms with Gasteiger partial charge in [-0.15, -0.1) is 0 Å². The topological polar surface area (TPSA) is 66.6 Å². The van der Waals surface area contributed by atoms with E-state index in [2.05, 4.69) is 0 Å². The van der Waals surface area contributed by atoms with Crippen molar-refractivity contribution < 1.29 is 9.90 Å². The molecule has 3 N–H and O–H groups in total. The Balaban J connectivity index is 2.33. The summed E-state index contributed by atoms with van der Waals surface area (Å²) in [6.45, 7) is 4.45. The van der Waals surface area contributed by atoms with Crippen molar-refractivity contribution in [1.82, 2.24) is 4.90 Å².